The van der Waals surface area contributed by atoms with E-state index in [1.54, 1.807) is 12.1 Å². The number of hydrogen-bond donors (Lipinski definition) is 1. The molecule has 0 saturated carbocycles. The lowest BCUT2D eigenvalue weighted by molar-refractivity contribution is -0.119. The van der Waals surface area contributed by atoms with Gasteiger partial charge >= 0.3 is 5.97 Å². The van der Waals surface area contributed by atoms with Gasteiger partial charge in [-0.15, -0.1) is 0 Å². The maximum absolute atomic E-state index is 12.6. The Hall–Kier alpha value is -3.86. The molecule has 0 atom stereocenters. The maximum atomic E-state index is 12.6. The van der Waals surface area contributed by atoms with Crippen LogP contribution in [0.15, 0.2) is 78.9 Å². The lowest BCUT2D eigenvalue weighted by atomic mass is 10.1. The standard InChI is InChI=1S/C24H19NO4/c1-28-22-14-18-9-3-2-8-17(18)13-20(22)24(27)29-15-23(26)25-21-12-6-10-16-7-4-5-11-19(16)21/h2-14H,15H2,1H3,(H,25,26). The van der Waals surface area contributed by atoms with Gasteiger partial charge in [0.05, 0.1) is 7.11 Å². The Bertz CT molecular complexity index is 1210. The van der Waals surface area contributed by atoms with Crippen molar-refractivity contribution in [2.24, 2.45) is 0 Å². The fourth-order valence-corrected chi connectivity index (χ4v) is 3.28. The molecule has 0 saturated heterocycles. The number of amides is 1. The van der Waals surface area contributed by atoms with E-state index < -0.39 is 18.5 Å². The molecule has 4 rings (SSSR count). The van der Waals surface area contributed by atoms with Crippen molar-refractivity contribution in [2.45, 2.75) is 0 Å². The summed E-state index contributed by atoms with van der Waals surface area (Å²) in [4.78, 5) is 24.9. The average Bonchev–Trinajstić information content (AvgIpc) is 2.76. The third kappa shape index (κ3) is 3.89. The van der Waals surface area contributed by atoms with Gasteiger partial charge in [0, 0.05) is 11.1 Å². The van der Waals surface area contributed by atoms with Crippen LogP contribution in [0.25, 0.3) is 21.5 Å². The molecule has 4 aromatic carbocycles. The van der Waals surface area contributed by atoms with Crippen LogP contribution in [0.3, 0.4) is 0 Å². The van der Waals surface area contributed by atoms with Crippen molar-refractivity contribution in [3.63, 3.8) is 0 Å². The van der Waals surface area contributed by atoms with Gasteiger partial charge in [-0.25, -0.2) is 4.79 Å². The molecule has 29 heavy (non-hydrogen) atoms. The first-order valence-electron chi connectivity index (χ1n) is 9.17. The second kappa shape index (κ2) is 8.02. The maximum Gasteiger partial charge on any atom is 0.342 e. The number of rotatable bonds is 5. The highest BCUT2D eigenvalue weighted by molar-refractivity contribution is 6.04. The van der Waals surface area contributed by atoms with Gasteiger partial charge in [-0.1, -0.05) is 60.7 Å². The molecule has 0 radical (unpaired) electrons. The summed E-state index contributed by atoms with van der Waals surface area (Å²) in [6.07, 6.45) is 0. The van der Waals surface area contributed by atoms with Gasteiger partial charge in [-0.05, 0) is 34.4 Å². The van der Waals surface area contributed by atoms with Gasteiger partial charge in [0.1, 0.15) is 11.3 Å². The Balaban J connectivity index is 1.48. The van der Waals surface area contributed by atoms with E-state index in [2.05, 4.69) is 5.32 Å². The summed E-state index contributed by atoms with van der Waals surface area (Å²) in [5.74, 6) is -0.613. The van der Waals surface area contributed by atoms with Crippen LogP contribution in [0.2, 0.25) is 0 Å². The third-order valence-corrected chi connectivity index (χ3v) is 4.69. The van der Waals surface area contributed by atoms with Crippen LogP contribution in [0, 0.1) is 0 Å². The smallest absolute Gasteiger partial charge is 0.342 e. The first-order valence-corrected chi connectivity index (χ1v) is 9.17. The van der Waals surface area contributed by atoms with Crippen molar-refractivity contribution in [3.05, 3.63) is 84.4 Å². The van der Waals surface area contributed by atoms with Gasteiger partial charge in [0.2, 0.25) is 0 Å². The third-order valence-electron chi connectivity index (χ3n) is 4.69. The Morgan fingerprint density at radius 3 is 2.24 bits per heavy atom. The molecular formula is C24H19NO4. The second-order valence-electron chi connectivity index (χ2n) is 6.55. The Morgan fingerprint density at radius 2 is 1.48 bits per heavy atom. The van der Waals surface area contributed by atoms with E-state index in [4.69, 9.17) is 9.47 Å². The molecule has 5 nitrogen and oxygen atoms in total. The number of carbonyl (C=O) groups is 2. The second-order valence-corrected chi connectivity index (χ2v) is 6.55. The fraction of sp³-hybridized carbons (Fsp3) is 0.0833. The lowest BCUT2D eigenvalue weighted by Crippen LogP contribution is -2.21. The summed E-state index contributed by atoms with van der Waals surface area (Å²) >= 11 is 0. The Labute approximate surface area is 167 Å². The molecule has 0 aliphatic heterocycles. The largest absolute Gasteiger partial charge is 0.496 e. The number of fused-ring (bicyclic) bond motifs is 2. The molecule has 1 N–H and O–H groups in total. The van der Waals surface area contributed by atoms with E-state index >= 15 is 0 Å². The number of hydrogen-bond acceptors (Lipinski definition) is 4. The summed E-state index contributed by atoms with van der Waals surface area (Å²) < 4.78 is 10.6. The van der Waals surface area contributed by atoms with Gasteiger partial charge in [-0.2, -0.15) is 0 Å². The minimum Gasteiger partial charge on any atom is -0.496 e. The van der Waals surface area contributed by atoms with Crippen molar-refractivity contribution >= 4 is 39.1 Å². The Morgan fingerprint density at radius 1 is 0.828 bits per heavy atom. The molecule has 4 aromatic rings. The molecule has 0 aliphatic rings. The van der Waals surface area contributed by atoms with Crippen LogP contribution in [-0.4, -0.2) is 25.6 Å². The van der Waals surface area contributed by atoms with Crippen molar-refractivity contribution in [1.82, 2.24) is 0 Å². The number of anilines is 1. The van der Waals surface area contributed by atoms with E-state index in [0.717, 1.165) is 21.5 Å². The van der Waals surface area contributed by atoms with Crippen LogP contribution < -0.4 is 10.1 Å². The first kappa shape index (κ1) is 18.5. The summed E-state index contributed by atoms with van der Waals surface area (Å²) in [6, 6.07) is 24.5. The highest BCUT2D eigenvalue weighted by Crippen LogP contribution is 2.27. The molecular weight excluding hydrogens is 366 g/mol. The molecule has 1 amide bonds. The summed E-state index contributed by atoms with van der Waals surface area (Å²) in [7, 11) is 1.49. The van der Waals surface area contributed by atoms with Gasteiger partial charge in [0.15, 0.2) is 6.61 Å². The zero-order chi connectivity index (χ0) is 20.2. The number of benzene rings is 4. The van der Waals surface area contributed by atoms with Crippen molar-refractivity contribution in [1.29, 1.82) is 0 Å². The molecule has 0 heterocycles. The van der Waals surface area contributed by atoms with Crippen LogP contribution in [0.4, 0.5) is 5.69 Å². The van der Waals surface area contributed by atoms with E-state index in [0.29, 0.717) is 11.4 Å². The fourth-order valence-electron chi connectivity index (χ4n) is 3.28. The summed E-state index contributed by atoms with van der Waals surface area (Å²) in [5, 5.41) is 6.58. The number of methoxy groups -OCH3 is 1. The van der Waals surface area contributed by atoms with E-state index in [1.165, 1.54) is 7.11 Å². The summed E-state index contributed by atoms with van der Waals surface area (Å²) in [5.41, 5.74) is 0.955. The topological polar surface area (TPSA) is 64.6 Å². The van der Waals surface area contributed by atoms with Crippen molar-refractivity contribution < 1.29 is 19.1 Å². The minimum atomic E-state index is -0.610. The van der Waals surface area contributed by atoms with E-state index in [9.17, 15) is 9.59 Å². The zero-order valence-corrected chi connectivity index (χ0v) is 15.8. The SMILES string of the molecule is COc1cc2ccccc2cc1C(=O)OCC(=O)Nc1cccc2ccccc12. The molecule has 0 bridgehead atoms. The molecule has 0 aliphatic carbocycles. The van der Waals surface area contributed by atoms with E-state index in [-0.39, 0.29) is 5.56 Å². The quantitative estimate of drug-likeness (QED) is 0.501. The van der Waals surface area contributed by atoms with Crippen molar-refractivity contribution in [3.8, 4) is 5.75 Å². The molecule has 0 spiro atoms. The van der Waals surface area contributed by atoms with Gasteiger partial charge < -0.3 is 14.8 Å². The van der Waals surface area contributed by atoms with Crippen molar-refractivity contribution in [2.75, 3.05) is 19.0 Å². The predicted octanol–water partition coefficient (Wildman–Crippen LogP) is 4.80. The first-order chi connectivity index (χ1) is 14.2. The normalized spacial score (nSPS) is 10.7. The molecule has 0 unspecified atom stereocenters. The number of carbonyl (C=O) groups excluding carboxylic acids is 2. The molecule has 5 heteroatoms. The van der Waals surface area contributed by atoms with Crippen LogP contribution in [0.5, 0.6) is 5.75 Å². The average molecular weight is 385 g/mol. The lowest BCUT2D eigenvalue weighted by Gasteiger charge is -2.11. The molecule has 0 fully saturated rings. The highest BCUT2D eigenvalue weighted by atomic mass is 16.5. The Kier molecular flexibility index (Phi) is 5.12. The highest BCUT2D eigenvalue weighted by Gasteiger charge is 2.17. The summed E-state index contributed by atoms with van der Waals surface area (Å²) in [6.45, 7) is -0.391. The number of ether oxygens (including phenoxy) is 2. The van der Waals surface area contributed by atoms with Crippen LogP contribution in [-0.2, 0) is 9.53 Å². The number of nitrogens with one attached hydrogen (secondary N) is 1. The van der Waals surface area contributed by atoms with Crippen LogP contribution >= 0.6 is 0 Å². The monoisotopic (exact) mass is 385 g/mol. The zero-order valence-electron chi connectivity index (χ0n) is 15.8. The molecule has 0 aromatic heterocycles. The minimum absolute atomic E-state index is 0.282. The van der Waals surface area contributed by atoms with Gasteiger partial charge in [0.25, 0.3) is 5.91 Å². The number of esters is 1. The molecule has 144 valence electrons. The van der Waals surface area contributed by atoms with Gasteiger partial charge in [-0.3, -0.25) is 4.79 Å². The predicted molar refractivity (Wildman–Crippen MR) is 113 cm³/mol. The van der Waals surface area contributed by atoms with E-state index in [1.807, 2.05) is 66.7 Å². The van der Waals surface area contributed by atoms with Crippen LogP contribution in [0.1, 0.15) is 10.4 Å².